The van der Waals surface area contributed by atoms with E-state index in [-0.39, 0.29) is 0 Å². The molecule has 0 atom stereocenters. The minimum absolute atomic E-state index is 0.699. The third kappa shape index (κ3) is 1.48. The smallest absolute Gasteiger partial charge is 0.135 e. The number of nitrogens with one attached hydrogen (secondary N) is 1. The number of nitrogens with two attached hydrogens (primary N) is 1. The Labute approximate surface area is 80.0 Å². The van der Waals surface area contributed by atoms with Crippen LogP contribution in [0.3, 0.4) is 0 Å². The van der Waals surface area contributed by atoms with Gasteiger partial charge in [0.1, 0.15) is 5.75 Å². The Bertz CT molecular complexity index is 289. The van der Waals surface area contributed by atoms with Crippen molar-refractivity contribution >= 4 is 27.3 Å². The molecule has 0 spiro atoms. The van der Waals surface area contributed by atoms with Crippen LogP contribution in [0, 0.1) is 0 Å². The van der Waals surface area contributed by atoms with Crippen molar-refractivity contribution in [2.75, 3.05) is 25.2 Å². The molecule has 0 saturated carbocycles. The van der Waals surface area contributed by atoms with E-state index in [4.69, 9.17) is 10.5 Å². The molecular formula is C8H11BrN2O. The first-order valence-electron chi connectivity index (χ1n) is 3.50. The molecule has 66 valence electrons. The summed E-state index contributed by atoms with van der Waals surface area (Å²) < 4.78 is 5.95. The largest absolute Gasteiger partial charge is 0.495 e. The standard InChI is InChI=1S/C8H11BrN2O/c1-11-8-5(10)3-4-6(12-2)7(8)9/h3-4,11H,10H2,1-2H3. The Morgan fingerprint density at radius 1 is 1.50 bits per heavy atom. The number of anilines is 2. The van der Waals surface area contributed by atoms with Crippen LogP contribution in [0.25, 0.3) is 0 Å². The second-order valence-corrected chi connectivity index (χ2v) is 3.09. The molecule has 3 N–H and O–H groups in total. The highest BCUT2D eigenvalue weighted by Crippen LogP contribution is 2.36. The zero-order valence-corrected chi connectivity index (χ0v) is 8.60. The van der Waals surface area contributed by atoms with Gasteiger partial charge < -0.3 is 15.8 Å². The third-order valence-corrected chi connectivity index (χ3v) is 2.40. The van der Waals surface area contributed by atoms with Crippen LogP contribution in [0.4, 0.5) is 11.4 Å². The molecule has 0 fully saturated rings. The maximum absolute atomic E-state index is 5.71. The summed E-state index contributed by atoms with van der Waals surface area (Å²) in [5.41, 5.74) is 7.26. The number of ether oxygens (including phenoxy) is 1. The predicted octanol–water partition coefficient (Wildman–Crippen LogP) is 2.08. The van der Waals surface area contributed by atoms with Crippen LogP contribution in [-0.4, -0.2) is 14.2 Å². The Hall–Kier alpha value is -0.900. The summed E-state index contributed by atoms with van der Waals surface area (Å²) in [7, 11) is 3.44. The van der Waals surface area contributed by atoms with E-state index in [1.165, 1.54) is 0 Å². The van der Waals surface area contributed by atoms with Gasteiger partial charge in [-0.1, -0.05) is 0 Å². The summed E-state index contributed by atoms with van der Waals surface area (Å²) in [6.07, 6.45) is 0. The topological polar surface area (TPSA) is 47.3 Å². The van der Waals surface area contributed by atoms with E-state index in [0.717, 1.165) is 15.9 Å². The van der Waals surface area contributed by atoms with Gasteiger partial charge in [-0.15, -0.1) is 0 Å². The van der Waals surface area contributed by atoms with Crippen LogP contribution >= 0.6 is 15.9 Å². The average Bonchev–Trinajstić information content (AvgIpc) is 2.06. The zero-order valence-electron chi connectivity index (χ0n) is 7.02. The number of benzene rings is 1. The number of hydrogen-bond acceptors (Lipinski definition) is 3. The van der Waals surface area contributed by atoms with Crippen LogP contribution in [0.1, 0.15) is 0 Å². The van der Waals surface area contributed by atoms with Crippen molar-refractivity contribution in [2.24, 2.45) is 0 Å². The normalized spacial score (nSPS) is 9.58. The van der Waals surface area contributed by atoms with Gasteiger partial charge in [-0.25, -0.2) is 0 Å². The molecule has 0 aromatic heterocycles. The van der Waals surface area contributed by atoms with Gasteiger partial charge in [-0.05, 0) is 28.1 Å². The SMILES string of the molecule is CNc1c(N)ccc(OC)c1Br. The maximum Gasteiger partial charge on any atom is 0.135 e. The van der Waals surface area contributed by atoms with E-state index < -0.39 is 0 Å². The van der Waals surface area contributed by atoms with E-state index in [9.17, 15) is 0 Å². The lowest BCUT2D eigenvalue weighted by molar-refractivity contribution is 0.412. The van der Waals surface area contributed by atoms with Crippen LogP contribution in [0.2, 0.25) is 0 Å². The van der Waals surface area contributed by atoms with Crippen molar-refractivity contribution in [1.29, 1.82) is 0 Å². The summed E-state index contributed by atoms with van der Waals surface area (Å²) in [6.45, 7) is 0. The molecule has 0 saturated heterocycles. The molecule has 0 bridgehead atoms. The summed E-state index contributed by atoms with van der Waals surface area (Å²) >= 11 is 3.38. The molecule has 0 aliphatic heterocycles. The Morgan fingerprint density at radius 3 is 2.67 bits per heavy atom. The van der Waals surface area contributed by atoms with Crippen molar-refractivity contribution in [2.45, 2.75) is 0 Å². The van der Waals surface area contributed by atoms with Crippen LogP contribution in [-0.2, 0) is 0 Å². The molecule has 1 aromatic carbocycles. The van der Waals surface area contributed by atoms with E-state index in [0.29, 0.717) is 5.69 Å². The minimum atomic E-state index is 0.699. The van der Waals surface area contributed by atoms with Gasteiger partial charge in [0.2, 0.25) is 0 Å². The van der Waals surface area contributed by atoms with Gasteiger partial charge in [0, 0.05) is 7.05 Å². The van der Waals surface area contributed by atoms with Gasteiger partial charge in [-0.3, -0.25) is 0 Å². The highest BCUT2D eigenvalue weighted by Gasteiger charge is 2.07. The molecule has 0 radical (unpaired) electrons. The van der Waals surface area contributed by atoms with Crippen LogP contribution in [0.15, 0.2) is 16.6 Å². The highest BCUT2D eigenvalue weighted by molar-refractivity contribution is 9.10. The zero-order chi connectivity index (χ0) is 9.14. The fourth-order valence-corrected chi connectivity index (χ4v) is 1.70. The lowest BCUT2D eigenvalue weighted by Crippen LogP contribution is -1.98. The van der Waals surface area contributed by atoms with Crippen molar-refractivity contribution < 1.29 is 4.74 Å². The lowest BCUT2D eigenvalue weighted by atomic mass is 10.2. The molecule has 0 unspecified atom stereocenters. The number of rotatable bonds is 2. The second kappa shape index (κ2) is 3.67. The maximum atomic E-state index is 5.71. The highest BCUT2D eigenvalue weighted by atomic mass is 79.9. The first kappa shape index (κ1) is 9.19. The lowest BCUT2D eigenvalue weighted by Gasteiger charge is -2.10. The van der Waals surface area contributed by atoms with E-state index in [1.807, 2.05) is 13.1 Å². The van der Waals surface area contributed by atoms with E-state index >= 15 is 0 Å². The van der Waals surface area contributed by atoms with Crippen LogP contribution in [0.5, 0.6) is 5.75 Å². The van der Waals surface area contributed by atoms with Gasteiger partial charge in [0.15, 0.2) is 0 Å². The summed E-state index contributed by atoms with van der Waals surface area (Å²) in [5.74, 6) is 0.772. The monoisotopic (exact) mass is 230 g/mol. The number of nitrogen functional groups attached to an aromatic ring is 1. The third-order valence-electron chi connectivity index (χ3n) is 1.61. The summed E-state index contributed by atoms with van der Waals surface area (Å²) in [5, 5.41) is 2.99. The Kier molecular flexibility index (Phi) is 2.81. The summed E-state index contributed by atoms with van der Waals surface area (Å²) in [4.78, 5) is 0. The fourth-order valence-electron chi connectivity index (χ4n) is 0.984. The number of hydrogen-bond donors (Lipinski definition) is 2. The number of halogens is 1. The van der Waals surface area contributed by atoms with Crippen molar-refractivity contribution in [3.05, 3.63) is 16.6 Å². The molecule has 1 rings (SSSR count). The first-order valence-corrected chi connectivity index (χ1v) is 4.29. The first-order chi connectivity index (χ1) is 5.70. The molecule has 0 heterocycles. The molecule has 0 aliphatic rings. The van der Waals surface area contributed by atoms with Gasteiger partial charge in [0.25, 0.3) is 0 Å². The van der Waals surface area contributed by atoms with Gasteiger partial charge >= 0.3 is 0 Å². The molecule has 0 amide bonds. The predicted molar refractivity (Wildman–Crippen MR) is 54.7 cm³/mol. The van der Waals surface area contributed by atoms with Crippen molar-refractivity contribution in [3.8, 4) is 5.75 Å². The molecule has 0 aliphatic carbocycles. The summed E-state index contributed by atoms with van der Waals surface area (Å²) in [6, 6.07) is 3.62. The molecular weight excluding hydrogens is 220 g/mol. The van der Waals surface area contributed by atoms with Gasteiger partial charge in [0.05, 0.1) is 23.0 Å². The quantitative estimate of drug-likeness (QED) is 0.766. The van der Waals surface area contributed by atoms with Gasteiger partial charge in [-0.2, -0.15) is 0 Å². The molecule has 1 aromatic rings. The van der Waals surface area contributed by atoms with Crippen molar-refractivity contribution in [1.82, 2.24) is 0 Å². The Balaban J connectivity index is 3.24. The molecule has 3 nitrogen and oxygen atoms in total. The fraction of sp³-hybridized carbons (Fsp3) is 0.250. The molecule has 4 heteroatoms. The van der Waals surface area contributed by atoms with E-state index in [1.54, 1.807) is 13.2 Å². The minimum Gasteiger partial charge on any atom is -0.495 e. The molecule has 12 heavy (non-hydrogen) atoms. The second-order valence-electron chi connectivity index (χ2n) is 2.30. The van der Waals surface area contributed by atoms with E-state index in [2.05, 4.69) is 21.2 Å². The van der Waals surface area contributed by atoms with Crippen LogP contribution < -0.4 is 15.8 Å². The van der Waals surface area contributed by atoms with Crippen molar-refractivity contribution in [3.63, 3.8) is 0 Å². The number of methoxy groups -OCH3 is 1. The average molecular weight is 231 g/mol. The Morgan fingerprint density at radius 2 is 2.17 bits per heavy atom.